The molecular weight excluding hydrogens is 212 g/mol. The molecule has 3 nitrogen and oxygen atoms in total. The minimum Gasteiger partial charge on any atom is -0.342 e. The van der Waals surface area contributed by atoms with Crippen molar-refractivity contribution in [2.45, 2.75) is 19.8 Å². The molecule has 1 aromatic rings. The summed E-state index contributed by atoms with van der Waals surface area (Å²) in [5.74, 6) is 0.728. The zero-order valence-corrected chi connectivity index (χ0v) is 10.4. The molecule has 0 spiro atoms. The minimum absolute atomic E-state index is 0.232. The van der Waals surface area contributed by atoms with Crippen molar-refractivity contribution >= 4 is 5.91 Å². The quantitative estimate of drug-likeness (QED) is 0.855. The molecule has 0 radical (unpaired) electrons. The molecule has 92 valence electrons. The number of benzene rings is 1. The van der Waals surface area contributed by atoms with Crippen molar-refractivity contribution < 1.29 is 4.79 Å². The molecule has 1 fully saturated rings. The second-order valence-corrected chi connectivity index (χ2v) is 4.83. The van der Waals surface area contributed by atoms with E-state index in [0.717, 1.165) is 25.1 Å². The van der Waals surface area contributed by atoms with E-state index in [1.54, 1.807) is 0 Å². The number of likely N-dealkylation sites (tertiary alicyclic amines) is 1. The first-order valence-corrected chi connectivity index (χ1v) is 6.23. The van der Waals surface area contributed by atoms with Gasteiger partial charge in [-0.25, -0.2) is 0 Å². The van der Waals surface area contributed by atoms with Gasteiger partial charge in [0.15, 0.2) is 0 Å². The lowest BCUT2D eigenvalue weighted by Gasteiger charge is -2.17. The van der Waals surface area contributed by atoms with Gasteiger partial charge in [-0.15, -0.1) is 0 Å². The number of hydrogen-bond donors (Lipinski definition) is 1. The van der Waals surface area contributed by atoms with E-state index in [1.807, 2.05) is 23.1 Å². The van der Waals surface area contributed by atoms with Crippen molar-refractivity contribution in [1.29, 1.82) is 0 Å². The maximum absolute atomic E-state index is 12.1. The fraction of sp³-hybridized carbons (Fsp3) is 0.500. The first-order chi connectivity index (χ1) is 8.20. The minimum atomic E-state index is 0.232. The zero-order chi connectivity index (χ0) is 12.3. The molecule has 1 aromatic carbocycles. The second-order valence-electron chi connectivity index (χ2n) is 4.83. The van der Waals surface area contributed by atoms with E-state index in [-0.39, 0.29) is 5.91 Å². The van der Waals surface area contributed by atoms with Crippen LogP contribution in [-0.4, -0.2) is 30.4 Å². The highest BCUT2D eigenvalue weighted by atomic mass is 16.2. The number of hydrogen-bond acceptors (Lipinski definition) is 2. The molecule has 1 aliphatic heterocycles. The van der Waals surface area contributed by atoms with Crippen LogP contribution in [0.15, 0.2) is 24.3 Å². The van der Waals surface area contributed by atoms with Gasteiger partial charge in [0.1, 0.15) is 0 Å². The molecule has 1 atom stereocenters. The first-order valence-electron chi connectivity index (χ1n) is 6.23. The van der Waals surface area contributed by atoms with Gasteiger partial charge >= 0.3 is 0 Å². The number of amides is 1. The molecule has 0 aromatic heterocycles. The van der Waals surface area contributed by atoms with E-state index in [4.69, 9.17) is 5.73 Å². The van der Waals surface area contributed by atoms with Crippen molar-refractivity contribution in [2.75, 3.05) is 19.6 Å². The highest BCUT2D eigenvalue weighted by molar-refractivity contribution is 5.79. The van der Waals surface area contributed by atoms with E-state index in [1.165, 1.54) is 5.56 Å². The molecule has 0 saturated carbocycles. The fourth-order valence-electron chi connectivity index (χ4n) is 2.33. The Labute approximate surface area is 103 Å². The van der Waals surface area contributed by atoms with E-state index < -0.39 is 0 Å². The van der Waals surface area contributed by atoms with Gasteiger partial charge in [0, 0.05) is 13.1 Å². The van der Waals surface area contributed by atoms with Crippen LogP contribution in [0.5, 0.6) is 0 Å². The van der Waals surface area contributed by atoms with E-state index in [2.05, 4.69) is 13.0 Å². The molecule has 3 heteroatoms. The van der Waals surface area contributed by atoms with Crippen molar-refractivity contribution in [3.63, 3.8) is 0 Å². The summed E-state index contributed by atoms with van der Waals surface area (Å²) >= 11 is 0. The van der Waals surface area contributed by atoms with Crippen LogP contribution in [0.3, 0.4) is 0 Å². The Morgan fingerprint density at radius 1 is 1.47 bits per heavy atom. The smallest absolute Gasteiger partial charge is 0.227 e. The average molecular weight is 232 g/mol. The maximum Gasteiger partial charge on any atom is 0.227 e. The molecule has 1 saturated heterocycles. The van der Waals surface area contributed by atoms with Gasteiger partial charge < -0.3 is 10.6 Å². The molecule has 1 amide bonds. The van der Waals surface area contributed by atoms with Crippen LogP contribution < -0.4 is 5.73 Å². The normalized spacial score (nSPS) is 19.6. The summed E-state index contributed by atoms with van der Waals surface area (Å²) < 4.78 is 0. The largest absolute Gasteiger partial charge is 0.342 e. The SMILES string of the molecule is Cc1ccccc1CC(=O)N1CC[C@@H](CN)C1. The van der Waals surface area contributed by atoms with Gasteiger partial charge in [-0.05, 0) is 36.9 Å². The lowest BCUT2D eigenvalue weighted by atomic mass is 10.1. The molecule has 17 heavy (non-hydrogen) atoms. The second kappa shape index (κ2) is 5.32. The number of aryl methyl sites for hydroxylation is 1. The van der Waals surface area contributed by atoms with Crippen LogP contribution in [0.25, 0.3) is 0 Å². The van der Waals surface area contributed by atoms with Gasteiger partial charge in [0.05, 0.1) is 6.42 Å². The Bertz CT molecular complexity index is 403. The molecule has 1 heterocycles. The Morgan fingerprint density at radius 3 is 2.88 bits per heavy atom. The Hall–Kier alpha value is -1.35. The topological polar surface area (TPSA) is 46.3 Å². The molecule has 2 N–H and O–H groups in total. The molecular formula is C14H20N2O. The molecule has 1 aliphatic rings. The Morgan fingerprint density at radius 2 is 2.24 bits per heavy atom. The van der Waals surface area contributed by atoms with Crippen molar-refractivity contribution in [1.82, 2.24) is 4.90 Å². The standard InChI is InChI=1S/C14H20N2O/c1-11-4-2-3-5-13(11)8-14(17)16-7-6-12(9-15)10-16/h2-5,12H,6-10,15H2,1H3/t12-/m0/s1. The van der Waals surface area contributed by atoms with Crippen LogP contribution >= 0.6 is 0 Å². The van der Waals surface area contributed by atoms with E-state index in [9.17, 15) is 4.79 Å². The van der Waals surface area contributed by atoms with Crippen LogP contribution in [0, 0.1) is 12.8 Å². The summed E-state index contributed by atoms with van der Waals surface area (Å²) in [6.07, 6.45) is 1.57. The zero-order valence-electron chi connectivity index (χ0n) is 10.4. The van der Waals surface area contributed by atoms with Gasteiger partial charge in [0.25, 0.3) is 0 Å². The van der Waals surface area contributed by atoms with Gasteiger partial charge in [-0.3, -0.25) is 4.79 Å². The van der Waals surface area contributed by atoms with E-state index >= 15 is 0 Å². The summed E-state index contributed by atoms with van der Waals surface area (Å²) in [5.41, 5.74) is 7.96. The third-order valence-electron chi connectivity index (χ3n) is 3.57. The van der Waals surface area contributed by atoms with Crippen molar-refractivity contribution in [3.8, 4) is 0 Å². The number of nitrogens with zero attached hydrogens (tertiary/aromatic N) is 1. The molecule has 0 aliphatic carbocycles. The molecule has 0 bridgehead atoms. The lowest BCUT2D eigenvalue weighted by Crippen LogP contribution is -2.31. The highest BCUT2D eigenvalue weighted by Gasteiger charge is 2.25. The number of rotatable bonds is 3. The summed E-state index contributed by atoms with van der Waals surface area (Å²) in [4.78, 5) is 14.1. The molecule has 0 unspecified atom stereocenters. The van der Waals surface area contributed by atoms with Crippen molar-refractivity contribution in [3.05, 3.63) is 35.4 Å². The Balaban J connectivity index is 1.96. The van der Waals surface area contributed by atoms with Crippen molar-refractivity contribution in [2.24, 2.45) is 11.7 Å². The van der Waals surface area contributed by atoms with Crippen LogP contribution in [-0.2, 0) is 11.2 Å². The summed E-state index contributed by atoms with van der Waals surface area (Å²) in [7, 11) is 0. The third-order valence-corrected chi connectivity index (χ3v) is 3.57. The summed E-state index contributed by atoms with van der Waals surface area (Å²) in [6.45, 7) is 4.44. The lowest BCUT2D eigenvalue weighted by molar-refractivity contribution is -0.129. The first kappa shape index (κ1) is 12.1. The van der Waals surface area contributed by atoms with Gasteiger partial charge in [-0.2, -0.15) is 0 Å². The number of carbonyl (C=O) groups excluding carboxylic acids is 1. The number of carbonyl (C=O) groups is 1. The molecule has 2 rings (SSSR count). The summed E-state index contributed by atoms with van der Waals surface area (Å²) in [5, 5.41) is 0. The third kappa shape index (κ3) is 2.86. The average Bonchev–Trinajstić information content (AvgIpc) is 2.81. The van der Waals surface area contributed by atoms with Crippen LogP contribution in [0.4, 0.5) is 0 Å². The predicted molar refractivity (Wildman–Crippen MR) is 68.6 cm³/mol. The Kier molecular flexibility index (Phi) is 3.79. The van der Waals surface area contributed by atoms with E-state index in [0.29, 0.717) is 18.9 Å². The highest BCUT2D eigenvalue weighted by Crippen LogP contribution is 2.17. The van der Waals surface area contributed by atoms with Gasteiger partial charge in [0.2, 0.25) is 5.91 Å². The predicted octanol–water partition coefficient (Wildman–Crippen LogP) is 1.34. The maximum atomic E-state index is 12.1. The van der Waals surface area contributed by atoms with Gasteiger partial charge in [-0.1, -0.05) is 24.3 Å². The van der Waals surface area contributed by atoms with Crippen LogP contribution in [0.2, 0.25) is 0 Å². The monoisotopic (exact) mass is 232 g/mol. The van der Waals surface area contributed by atoms with Crippen LogP contribution in [0.1, 0.15) is 17.5 Å². The number of nitrogens with two attached hydrogens (primary N) is 1. The fourth-order valence-corrected chi connectivity index (χ4v) is 2.33. The summed E-state index contributed by atoms with van der Waals surface area (Å²) in [6, 6.07) is 8.07.